The summed E-state index contributed by atoms with van der Waals surface area (Å²) in [6, 6.07) is 21.1. The van der Waals surface area contributed by atoms with Crippen molar-refractivity contribution in [2.75, 3.05) is 29.9 Å². The van der Waals surface area contributed by atoms with E-state index in [1.54, 1.807) is 11.1 Å². The Morgan fingerprint density at radius 3 is 2.71 bits per heavy atom. The van der Waals surface area contributed by atoms with Gasteiger partial charge in [0.2, 0.25) is 0 Å². The Bertz CT molecular complexity index is 1110. The molecule has 8 heteroatoms. The van der Waals surface area contributed by atoms with Crippen LogP contribution in [0.4, 0.5) is 11.5 Å². The number of carbonyl (C=O) groups excluding carboxylic acids is 1. The number of thioether (sulfide) groups is 1. The summed E-state index contributed by atoms with van der Waals surface area (Å²) < 4.78 is 5.72. The van der Waals surface area contributed by atoms with Crippen LogP contribution < -0.4 is 15.0 Å². The maximum absolute atomic E-state index is 12.5. The molecule has 0 radical (unpaired) electrons. The molecule has 1 atom stereocenters. The minimum Gasteiger partial charge on any atom is -0.482 e. The van der Waals surface area contributed by atoms with E-state index in [4.69, 9.17) is 4.74 Å². The number of rotatable bonds is 11. The van der Waals surface area contributed by atoms with Crippen molar-refractivity contribution in [1.82, 2.24) is 4.98 Å². The van der Waals surface area contributed by atoms with E-state index >= 15 is 0 Å². The first-order valence-corrected chi connectivity index (χ1v) is 12.1. The van der Waals surface area contributed by atoms with E-state index in [1.165, 1.54) is 11.8 Å². The Labute approximate surface area is 203 Å². The number of anilines is 2. The second-order valence-electron chi connectivity index (χ2n) is 7.93. The number of hydrogen-bond acceptors (Lipinski definition) is 6. The standard InChI is InChI=1S/C26H27N3O4S/c30-25-18-33-22-16-20(34-23(17-26(31)32)19-8-2-1-3-9-19)11-12-21(22)29(25)15-7-6-14-28-24-10-4-5-13-27-24/h1-5,8-13,16,23H,6-7,14-15,17-18H2,(H,27,28)(H,31,32). The molecule has 2 aromatic carbocycles. The molecule has 1 aromatic heterocycles. The third-order valence-corrected chi connectivity index (χ3v) is 6.71. The van der Waals surface area contributed by atoms with Crippen LogP contribution in [0.25, 0.3) is 0 Å². The monoisotopic (exact) mass is 477 g/mol. The summed E-state index contributed by atoms with van der Waals surface area (Å²) in [7, 11) is 0. The van der Waals surface area contributed by atoms with Crippen LogP contribution in [-0.2, 0) is 9.59 Å². The normalized spacial score (nSPS) is 13.6. The first-order chi connectivity index (χ1) is 16.6. The van der Waals surface area contributed by atoms with E-state index in [2.05, 4.69) is 10.3 Å². The van der Waals surface area contributed by atoms with Crippen molar-refractivity contribution in [3.63, 3.8) is 0 Å². The average Bonchev–Trinajstić information content (AvgIpc) is 2.85. The molecule has 34 heavy (non-hydrogen) atoms. The second-order valence-corrected chi connectivity index (χ2v) is 9.20. The van der Waals surface area contributed by atoms with Gasteiger partial charge in [-0.3, -0.25) is 9.59 Å². The zero-order valence-electron chi connectivity index (χ0n) is 18.7. The van der Waals surface area contributed by atoms with E-state index < -0.39 is 5.97 Å². The third kappa shape index (κ3) is 6.29. The van der Waals surface area contributed by atoms with Gasteiger partial charge in [0.15, 0.2) is 6.61 Å². The number of aromatic nitrogens is 1. The Morgan fingerprint density at radius 2 is 1.94 bits per heavy atom. The average molecular weight is 478 g/mol. The van der Waals surface area contributed by atoms with Crippen LogP contribution in [0.2, 0.25) is 0 Å². The van der Waals surface area contributed by atoms with Crippen LogP contribution >= 0.6 is 11.8 Å². The van der Waals surface area contributed by atoms with E-state index in [-0.39, 0.29) is 24.2 Å². The number of amides is 1. The molecule has 1 aliphatic rings. The summed E-state index contributed by atoms with van der Waals surface area (Å²) in [5.74, 6) is 0.596. The second kappa shape index (κ2) is 11.6. The minimum absolute atomic E-state index is 0.00451. The molecule has 0 saturated heterocycles. The highest BCUT2D eigenvalue weighted by atomic mass is 32.2. The fraction of sp³-hybridized carbons (Fsp3) is 0.269. The van der Waals surface area contributed by atoms with Gasteiger partial charge in [-0.05, 0) is 48.7 Å². The molecule has 3 aromatic rings. The van der Waals surface area contributed by atoms with Crippen LogP contribution in [0, 0.1) is 0 Å². The topological polar surface area (TPSA) is 91.8 Å². The predicted molar refractivity (Wildman–Crippen MR) is 134 cm³/mol. The Balaban J connectivity index is 1.38. The lowest BCUT2D eigenvalue weighted by Crippen LogP contribution is -2.39. The quantitative estimate of drug-likeness (QED) is 0.296. The molecule has 176 valence electrons. The number of carboxylic acid groups (broad SMARTS) is 1. The van der Waals surface area contributed by atoms with Gasteiger partial charge in [-0.25, -0.2) is 4.98 Å². The molecule has 2 N–H and O–H groups in total. The molecule has 2 heterocycles. The van der Waals surface area contributed by atoms with Crippen LogP contribution in [0.1, 0.15) is 30.1 Å². The number of nitrogens with zero attached hydrogens (tertiary/aromatic N) is 2. The fourth-order valence-corrected chi connectivity index (χ4v) is 4.97. The van der Waals surface area contributed by atoms with Crippen LogP contribution in [0.5, 0.6) is 5.75 Å². The lowest BCUT2D eigenvalue weighted by Gasteiger charge is -2.30. The lowest BCUT2D eigenvalue weighted by atomic mass is 10.1. The molecule has 1 unspecified atom stereocenters. The number of unbranched alkanes of at least 4 members (excludes halogenated alkanes) is 1. The SMILES string of the molecule is O=C(O)CC(Sc1ccc2c(c1)OCC(=O)N2CCCCNc1ccccn1)c1ccccc1. The van der Waals surface area contributed by atoms with Crippen LogP contribution in [-0.4, -0.2) is 41.7 Å². The van der Waals surface area contributed by atoms with E-state index in [9.17, 15) is 14.7 Å². The zero-order chi connectivity index (χ0) is 23.8. The largest absolute Gasteiger partial charge is 0.482 e. The highest BCUT2D eigenvalue weighted by molar-refractivity contribution is 7.99. The number of hydrogen-bond donors (Lipinski definition) is 2. The maximum atomic E-state index is 12.5. The van der Waals surface area contributed by atoms with E-state index in [0.717, 1.165) is 41.4 Å². The van der Waals surface area contributed by atoms with Gasteiger partial charge in [-0.15, -0.1) is 11.8 Å². The van der Waals surface area contributed by atoms with Crippen molar-refractivity contribution >= 4 is 35.1 Å². The number of carboxylic acids is 1. The summed E-state index contributed by atoms with van der Waals surface area (Å²) in [5, 5.41) is 12.4. The molecular weight excluding hydrogens is 450 g/mol. The van der Waals surface area contributed by atoms with Crippen LogP contribution in [0.15, 0.2) is 77.8 Å². The third-order valence-electron chi connectivity index (χ3n) is 5.46. The van der Waals surface area contributed by atoms with Crippen molar-refractivity contribution in [1.29, 1.82) is 0 Å². The molecule has 0 aliphatic carbocycles. The maximum Gasteiger partial charge on any atom is 0.304 e. The molecule has 1 amide bonds. The van der Waals surface area contributed by atoms with Crippen molar-refractivity contribution in [2.45, 2.75) is 29.4 Å². The highest BCUT2D eigenvalue weighted by Gasteiger charge is 2.26. The molecule has 7 nitrogen and oxygen atoms in total. The lowest BCUT2D eigenvalue weighted by molar-refractivity contribution is -0.137. The molecule has 0 spiro atoms. The van der Waals surface area contributed by atoms with Crippen molar-refractivity contribution in [3.05, 3.63) is 78.5 Å². The summed E-state index contributed by atoms with van der Waals surface area (Å²) in [6.45, 7) is 1.39. The van der Waals surface area contributed by atoms with Gasteiger partial charge in [-0.2, -0.15) is 0 Å². The molecule has 4 rings (SSSR count). The number of ether oxygens (including phenoxy) is 1. The van der Waals surface area contributed by atoms with Gasteiger partial charge in [0.25, 0.3) is 5.91 Å². The Morgan fingerprint density at radius 1 is 1.12 bits per heavy atom. The summed E-state index contributed by atoms with van der Waals surface area (Å²) >= 11 is 1.49. The van der Waals surface area contributed by atoms with E-state index in [0.29, 0.717) is 12.3 Å². The molecule has 0 fully saturated rings. The molecular formula is C26H27N3O4S. The van der Waals surface area contributed by atoms with Gasteiger partial charge in [0.05, 0.1) is 12.1 Å². The number of nitrogens with one attached hydrogen (secondary N) is 1. The number of pyridine rings is 1. The number of benzene rings is 2. The smallest absolute Gasteiger partial charge is 0.304 e. The number of fused-ring (bicyclic) bond motifs is 1. The number of carbonyl (C=O) groups is 2. The van der Waals surface area contributed by atoms with Gasteiger partial charge in [-0.1, -0.05) is 36.4 Å². The Kier molecular flexibility index (Phi) is 8.04. The van der Waals surface area contributed by atoms with Gasteiger partial charge in [0, 0.05) is 29.4 Å². The number of aliphatic carboxylic acids is 1. The zero-order valence-corrected chi connectivity index (χ0v) is 19.5. The van der Waals surface area contributed by atoms with Gasteiger partial charge >= 0.3 is 5.97 Å². The van der Waals surface area contributed by atoms with E-state index in [1.807, 2.05) is 66.7 Å². The van der Waals surface area contributed by atoms with Crippen molar-refractivity contribution in [3.8, 4) is 5.75 Å². The first kappa shape index (κ1) is 23.6. The highest BCUT2D eigenvalue weighted by Crippen LogP contribution is 2.42. The van der Waals surface area contributed by atoms with Crippen LogP contribution in [0.3, 0.4) is 0 Å². The molecule has 0 saturated carbocycles. The van der Waals surface area contributed by atoms with Gasteiger partial charge in [0.1, 0.15) is 11.6 Å². The van der Waals surface area contributed by atoms with Gasteiger partial charge < -0.3 is 20.1 Å². The minimum atomic E-state index is -0.843. The van der Waals surface area contributed by atoms with Crippen molar-refractivity contribution in [2.24, 2.45) is 0 Å². The Hall–Kier alpha value is -3.52. The fourth-order valence-electron chi connectivity index (χ4n) is 3.80. The summed E-state index contributed by atoms with van der Waals surface area (Å²) in [4.78, 5) is 30.9. The summed E-state index contributed by atoms with van der Waals surface area (Å²) in [5.41, 5.74) is 1.72. The summed E-state index contributed by atoms with van der Waals surface area (Å²) in [6.07, 6.45) is 3.51. The molecule has 0 bridgehead atoms. The molecule has 1 aliphatic heterocycles. The van der Waals surface area contributed by atoms with Crippen molar-refractivity contribution < 1.29 is 19.4 Å². The first-order valence-electron chi connectivity index (χ1n) is 11.3. The predicted octanol–water partition coefficient (Wildman–Crippen LogP) is 5.01.